The molecular formula is C24H22N2O5. The van der Waals surface area contributed by atoms with Crippen LogP contribution in [0.3, 0.4) is 0 Å². The number of hydrogen-bond acceptors (Lipinski definition) is 5. The average molecular weight is 418 g/mol. The second kappa shape index (κ2) is 7.83. The van der Waals surface area contributed by atoms with Crippen molar-refractivity contribution < 1.29 is 23.2 Å². The minimum absolute atomic E-state index is 0.118. The summed E-state index contributed by atoms with van der Waals surface area (Å²) in [4.78, 5) is 27.4. The maximum atomic E-state index is 13.0. The molecule has 0 spiro atoms. The maximum Gasteiger partial charge on any atom is 0.257 e. The number of rotatable bonds is 4. The number of hydrogen-bond donors (Lipinski definition) is 1. The lowest BCUT2D eigenvalue weighted by Gasteiger charge is -2.31. The molecule has 2 aromatic carbocycles. The Kier molecular flexibility index (Phi) is 4.86. The molecule has 158 valence electrons. The molecule has 0 aliphatic carbocycles. The van der Waals surface area contributed by atoms with E-state index < -0.39 is 0 Å². The second-order valence-corrected chi connectivity index (χ2v) is 7.74. The number of benzene rings is 2. The standard InChI is InChI=1S/C24H22N2O5/c1-29-22-11-18-17-6-2-3-7-20(17)31-21(18)12-19(22)25-23(27)15-5-4-9-26(13-15)24(28)16-8-10-30-14-16/h2-3,6-8,10-12,14-15H,4-5,9,13H2,1H3,(H,25,27)/t15-/m0/s1. The molecule has 0 saturated carbocycles. The van der Waals surface area contributed by atoms with Crippen molar-refractivity contribution in [2.75, 3.05) is 25.5 Å². The largest absolute Gasteiger partial charge is 0.495 e. The van der Waals surface area contributed by atoms with Gasteiger partial charge >= 0.3 is 0 Å². The highest BCUT2D eigenvalue weighted by molar-refractivity contribution is 6.08. The van der Waals surface area contributed by atoms with Crippen molar-refractivity contribution in [1.29, 1.82) is 0 Å². The fraction of sp³-hybridized carbons (Fsp3) is 0.250. The molecule has 0 radical (unpaired) electrons. The minimum Gasteiger partial charge on any atom is -0.495 e. The molecule has 1 aliphatic heterocycles. The van der Waals surface area contributed by atoms with E-state index in [1.807, 2.05) is 30.3 Å². The van der Waals surface area contributed by atoms with E-state index in [4.69, 9.17) is 13.6 Å². The molecule has 7 heteroatoms. The number of carbonyl (C=O) groups excluding carboxylic acids is 2. The summed E-state index contributed by atoms with van der Waals surface area (Å²) in [6.45, 7) is 0.993. The number of nitrogens with one attached hydrogen (secondary N) is 1. The van der Waals surface area contributed by atoms with Crippen LogP contribution >= 0.6 is 0 Å². The van der Waals surface area contributed by atoms with Gasteiger partial charge in [0.1, 0.15) is 23.2 Å². The monoisotopic (exact) mass is 418 g/mol. The zero-order chi connectivity index (χ0) is 21.4. The number of para-hydroxylation sites is 1. The molecule has 1 N–H and O–H groups in total. The van der Waals surface area contributed by atoms with Crippen molar-refractivity contribution >= 4 is 39.4 Å². The predicted molar refractivity (Wildman–Crippen MR) is 116 cm³/mol. The number of piperidine rings is 1. The summed E-state index contributed by atoms with van der Waals surface area (Å²) in [6.07, 6.45) is 4.39. The zero-order valence-corrected chi connectivity index (χ0v) is 17.1. The Morgan fingerprint density at radius 2 is 2.00 bits per heavy atom. The topological polar surface area (TPSA) is 84.9 Å². The zero-order valence-electron chi connectivity index (χ0n) is 17.1. The molecule has 7 nitrogen and oxygen atoms in total. The Balaban J connectivity index is 1.38. The molecule has 3 heterocycles. The van der Waals surface area contributed by atoms with Crippen molar-refractivity contribution in [1.82, 2.24) is 4.90 Å². The third kappa shape index (κ3) is 3.52. The van der Waals surface area contributed by atoms with Crippen LogP contribution in [0.2, 0.25) is 0 Å². The molecule has 1 atom stereocenters. The number of ether oxygens (including phenoxy) is 1. The fourth-order valence-corrected chi connectivity index (χ4v) is 4.20. The number of furan rings is 2. The molecule has 5 rings (SSSR count). The Hall–Kier alpha value is -3.74. The number of likely N-dealkylation sites (tertiary alicyclic amines) is 1. The van der Waals surface area contributed by atoms with Gasteiger partial charge in [0, 0.05) is 29.9 Å². The SMILES string of the molecule is COc1cc2c(cc1NC(=O)[C@H]1CCCN(C(=O)c3ccoc3)C1)oc1ccccc12. The fourth-order valence-electron chi connectivity index (χ4n) is 4.20. The van der Waals surface area contributed by atoms with E-state index in [9.17, 15) is 9.59 Å². The van der Waals surface area contributed by atoms with Crippen LogP contribution in [0.5, 0.6) is 5.75 Å². The first-order chi connectivity index (χ1) is 15.1. The quantitative estimate of drug-likeness (QED) is 0.520. The van der Waals surface area contributed by atoms with E-state index >= 15 is 0 Å². The molecule has 1 fully saturated rings. The van der Waals surface area contributed by atoms with Crippen LogP contribution in [-0.4, -0.2) is 36.9 Å². The summed E-state index contributed by atoms with van der Waals surface area (Å²) in [5.41, 5.74) is 2.51. The third-order valence-corrected chi connectivity index (χ3v) is 5.80. The number of fused-ring (bicyclic) bond motifs is 3. The lowest BCUT2D eigenvalue weighted by Crippen LogP contribution is -2.43. The number of nitrogens with zero attached hydrogens (tertiary/aromatic N) is 1. The van der Waals surface area contributed by atoms with Gasteiger partial charge < -0.3 is 23.8 Å². The van der Waals surface area contributed by atoms with Gasteiger partial charge in [0.25, 0.3) is 5.91 Å². The number of amides is 2. The lowest BCUT2D eigenvalue weighted by atomic mass is 9.96. The van der Waals surface area contributed by atoms with Gasteiger partial charge in [-0.05, 0) is 31.0 Å². The maximum absolute atomic E-state index is 13.0. The summed E-state index contributed by atoms with van der Waals surface area (Å²) in [6, 6.07) is 13.1. The average Bonchev–Trinajstić information content (AvgIpc) is 3.46. The summed E-state index contributed by atoms with van der Waals surface area (Å²) in [5, 5.41) is 4.91. The van der Waals surface area contributed by atoms with Gasteiger partial charge in [0.2, 0.25) is 5.91 Å². The predicted octanol–water partition coefficient (Wildman–Crippen LogP) is 4.68. The molecule has 2 amide bonds. The molecule has 0 bridgehead atoms. The van der Waals surface area contributed by atoms with Crippen LogP contribution in [0.1, 0.15) is 23.2 Å². The number of carbonyl (C=O) groups is 2. The van der Waals surface area contributed by atoms with Crippen LogP contribution in [0, 0.1) is 5.92 Å². The Labute approximate surface area is 178 Å². The first-order valence-corrected chi connectivity index (χ1v) is 10.3. The Morgan fingerprint density at radius 1 is 1.13 bits per heavy atom. The third-order valence-electron chi connectivity index (χ3n) is 5.80. The van der Waals surface area contributed by atoms with Crippen LogP contribution < -0.4 is 10.1 Å². The van der Waals surface area contributed by atoms with Crippen LogP contribution in [0.25, 0.3) is 21.9 Å². The molecule has 31 heavy (non-hydrogen) atoms. The van der Waals surface area contributed by atoms with E-state index in [0.29, 0.717) is 35.7 Å². The van der Waals surface area contributed by atoms with Gasteiger partial charge in [-0.1, -0.05) is 18.2 Å². The van der Waals surface area contributed by atoms with Crippen molar-refractivity contribution in [3.63, 3.8) is 0 Å². The molecule has 4 aromatic rings. The van der Waals surface area contributed by atoms with E-state index in [1.54, 1.807) is 24.1 Å². The summed E-state index contributed by atoms with van der Waals surface area (Å²) in [7, 11) is 1.57. The van der Waals surface area contributed by atoms with Crippen LogP contribution in [0.4, 0.5) is 5.69 Å². The highest BCUT2D eigenvalue weighted by atomic mass is 16.5. The molecule has 0 unspecified atom stereocenters. The van der Waals surface area contributed by atoms with Crippen molar-refractivity contribution in [2.45, 2.75) is 12.8 Å². The second-order valence-electron chi connectivity index (χ2n) is 7.74. The molecule has 1 saturated heterocycles. The highest BCUT2D eigenvalue weighted by Gasteiger charge is 2.30. The van der Waals surface area contributed by atoms with E-state index in [0.717, 1.165) is 29.2 Å². The summed E-state index contributed by atoms with van der Waals surface area (Å²) >= 11 is 0. The number of methoxy groups -OCH3 is 1. The Bertz CT molecular complexity index is 1260. The number of anilines is 1. The van der Waals surface area contributed by atoms with Crippen molar-refractivity contribution in [3.05, 3.63) is 60.6 Å². The molecule has 2 aromatic heterocycles. The minimum atomic E-state index is -0.305. The van der Waals surface area contributed by atoms with E-state index in [2.05, 4.69) is 5.32 Å². The van der Waals surface area contributed by atoms with Gasteiger partial charge in [-0.3, -0.25) is 9.59 Å². The van der Waals surface area contributed by atoms with Crippen LogP contribution in [-0.2, 0) is 4.79 Å². The first kappa shape index (κ1) is 19.2. The lowest BCUT2D eigenvalue weighted by molar-refractivity contribution is -0.121. The van der Waals surface area contributed by atoms with Crippen LogP contribution in [0.15, 0.2) is 63.8 Å². The van der Waals surface area contributed by atoms with Gasteiger partial charge in [-0.15, -0.1) is 0 Å². The van der Waals surface area contributed by atoms with Crippen molar-refractivity contribution in [3.8, 4) is 5.75 Å². The molecule has 1 aliphatic rings. The summed E-state index contributed by atoms with van der Waals surface area (Å²) in [5.74, 6) is 0.00111. The molecular weight excluding hydrogens is 396 g/mol. The van der Waals surface area contributed by atoms with Gasteiger partial charge in [0.05, 0.1) is 30.5 Å². The van der Waals surface area contributed by atoms with Crippen molar-refractivity contribution in [2.24, 2.45) is 5.92 Å². The highest BCUT2D eigenvalue weighted by Crippen LogP contribution is 2.36. The first-order valence-electron chi connectivity index (χ1n) is 10.3. The normalized spacial score (nSPS) is 16.5. The van der Waals surface area contributed by atoms with E-state index in [1.165, 1.54) is 12.5 Å². The van der Waals surface area contributed by atoms with E-state index in [-0.39, 0.29) is 17.7 Å². The smallest absolute Gasteiger partial charge is 0.257 e. The Morgan fingerprint density at radius 3 is 2.81 bits per heavy atom. The van der Waals surface area contributed by atoms with Gasteiger partial charge in [0.15, 0.2) is 0 Å². The van der Waals surface area contributed by atoms with Gasteiger partial charge in [-0.2, -0.15) is 0 Å². The van der Waals surface area contributed by atoms with Gasteiger partial charge in [-0.25, -0.2) is 0 Å². The summed E-state index contributed by atoms with van der Waals surface area (Å²) < 4.78 is 16.5.